The lowest BCUT2D eigenvalue weighted by molar-refractivity contribution is -0.139. The molecule has 112 valence electrons. The van der Waals surface area contributed by atoms with Crippen molar-refractivity contribution in [2.45, 2.75) is 63.1 Å². The number of benzene rings is 1. The van der Waals surface area contributed by atoms with Crippen LogP contribution in [0.1, 0.15) is 55.7 Å². The van der Waals surface area contributed by atoms with Crippen LogP contribution in [-0.2, 0) is 11.2 Å². The number of nitrogens with zero attached hydrogens (tertiary/aromatic N) is 1. The Morgan fingerprint density at radius 2 is 1.90 bits per heavy atom. The molecule has 1 saturated heterocycles. The molecule has 1 heterocycles. The third kappa shape index (κ3) is 2.59. The van der Waals surface area contributed by atoms with Crippen LogP contribution in [-0.4, -0.2) is 29.4 Å². The van der Waals surface area contributed by atoms with Gasteiger partial charge in [0.1, 0.15) is 0 Å². The average Bonchev–Trinajstić information content (AvgIpc) is 3.33. The third-order valence-corrected chi connectivity index (χ3v) is 5.20. The van der Waals surface area contributed by atoms with Crippen LogP contribution in [0.5, 0.6) is 0 Å². The first kappa shape index (κ1) is 13.3. The predicted molar refractivity (Wildman–Crippen MR) is 83.0 cm³/mol. The van der Waals surface area contributed by atoms with E-state index in [2.05, 4.69) is 34.5 Å². The third-order valence-electron chi connectivity index (χ3n) is 5.20. The van der Waals surface area contributed by atoms with Gasteiger partial charge in [-0.25, -0.2) is 0 Å². The molecular weight excluding hydrogens is 260 g/mol. The number of amides is 1. The van der Waals surface area contributed by atoms with Crippen molar-refractivity contribution in [2.75, 3.05) is 6.54 Å². The molecule has 3 aliphatic rings. The molecule has 2 atom stereocenters. The molecule has 21 heavy (non-hydrogen) atoms. The standard InChI is InChI=1S/C18H24N2O/c21-18-16(19-14-10-11-14)8-4-12-20(18)17-9-3-6-13-5-1-2-7-15(13)17/h1-2,5,7,14,16-17,19H,3-4,6,8-12H2. The molecule has 3 heteroatoms. The molecule has 1 N–H and O–H groups in total. The number of carbonyl (C=O) groups is 1. The van der Waals surface area contributed by atoms with Gasteiger partial charge in [-0.2, -0.15) is 0 Å². The van der Waals surface area contributed by atoms with Crippen LogP contribution >= 0.6 is 0 Å². The van der Waals surface area contributed by atoms with Crippen LogP contribution in [0.4, 0.5) is 0 Å². The maximum absolute atomic E-state index is 12.9. The highest BCUT2D eigenvalue weighted by atomic mass is 16.2. The van der Waals surface area contributed by atoms with Crippen molar-refractivity contribution < 1.29 is 4.79 Å². The number of likely N-dealkylation sites (tertiary alicyclic amines) is 1. The molecule has 0 bridgehead atoms. The summed E-state index contributed by atoms with van der Waals surface area (Å²) in [6, 6.07) is 9.69. The van der Waals surface area contributed by atoms with Crippen LogP contribution in [0.25, 0.3) is 0 Å². The summed E-state index contributed by atoms with van der Waals surface area (Å²) >= 11 is 0. The van der Waals surface area contributed by atoms with E-state index in [1.54, 1.807) is 0 Å². The van der Waals surface area contributed by atoms with Crippen LogP contribution in [0.3, 0.4) is 0 Å². The van der Waals surface area contributed by atoms with Gasteiger partial charge in [-0.15, -0.1) is 0 Å². The van der Waals surface area contributed by atoms with Crippen LogP contribution in [0.15, 0.2) is 24.3 Å². The number of hydrogen-bond donors (Lipinski definition) is 1. The normalized spacial score (nSPS) is 29.3. The largest absolute Gasteiger partial charge is 0.334 e. The minimum Gasteiger partial charge on any atom is -0.334 e. The number of aryl methyl sites for hydroxylation is 1. The quantitative estimate of drug-likeness (QED) is 0.925. The molecule has 4 rings (SSSR count). The lowest BCUT2D eigenvalue weighted by atomic mass is 9.85. The highest BCUT2D eigenvalue weighted by Gasteiger charge is 2.37. The fraction of sp³-hybridized carbons (Fsp3) is 0.611. The second-order valence-corrected chi connectivity index (χ2v) is 6.77. The number of hydrogen-bond acceptors (Lipinski definition) is 2. The molecule has 3 nitrogen and oxygen atoms in total. The summed E-state index contributed by atoms with van der Waals surface area (Å²) in [6.45, 7) is 0.931. The number of nitrogens with one attached hydrogen (secondary N) is 1. The molecule has 1 saturated carbocycles. The molecule has 1 aromatic rings. The zero-order valence-electron chi connectivity index (χ0n) is 12.6. The lowest BCUT2D eigenvalue weighted by Crippen LogP contribution is -2.52. The van der Waals surface area contributed by atoms with Crippen LogP contribution < -0.4 is 5.32 Å². The Kier molecular flexibility index (Phi) is 3.46. The Bertz CT molecular complexity index is 538. The van der Waals surface area contributed by atoms with Gasteiger partial charge < -0.3 is 10.2 Å². The summed E-state index contributed by atoms with van der Waals surface area (Å²) in [5.74, 6) is 0.342. The number of piperidine rings is 1. The van der Waals surface area contributed by atoms with Gasteiger partial charge >= 0.3 is 0 Å². The number of fused-ring (bicyclic) bond motifs is 1. The average molecular weight is 284 g/mol. The zero-order valence-corrected chi connectivity index (χ0v) is 12.6. The van der Waals surface area contributed by atoms with Crippen molar-refractivity contribution in [3.05, 3.63) is 35.4 Å². The lowest BCUT2D eigenvalue weighted by Gasteiger charge is -2.41. The summed E-state index contributed by atoms with van der Waals surface area (Å²) in [5, 5.41) is 3.54. The SMILES string of the molecule is O=C1C(NC2CC2)CCCN1C1CCCc2ccccc21. The number of carbonyl (C=O) groups excluding carboxylic acids is 1. The van der Waals surface area contributed by atoms with Crippen molar-refractivity contribution in [1.82, 2.24) is 10.2 Å². The zero-order chi connectivity index (χ0) is 14.2. The summed E-state index contributed by atoms with van der Waals surface area (Å²) in [4.78, 5) is 15.0. The van der Waals surface area contributed by atoms with Crippen molar-refractivity contribution in [3.63, 3.8) is 0 Å². The van der Waals surface area contributed by atoms with Gasteiger partial charge in [-0.05, 0) is 56.1 Å². The van der Waals surface area contributed by atoms with Crippen molar-refractivity contribution in [2.24, 2.45) is 0 Å². The van der Waals surface area contributed by atoms with Gasteiger partial charge in [-0.3, -0.25) is 4.79 Å². The highest BCUT2D eigenvalue weighted by molar-refractivity contribution is 5.83. The first-order valence-electron chi connectivity index (χ1n) is 8.47. The fourth-order valence-corrected chi connectivity index (χ4v) is 3.95. The van der Waals surface area contributed by atoms with E-state index < -0.39 is 0 Å². The molecule has 2 unspecified atom stereocenters. The molecular formula is C18H24N2O. The highest BCUT2D eigenvalue weighted by Crippen LogP contribution is 2.36. The van der Waals surface area contributed by atoms with Gasteiger partial charge in [0.2, 0.25) is 5.91 Å². The smallest absolute Gasteiger partial charge is 0.240 e. The monoisotopic (exact) mass is 284 g/mol. The minimum absolute atomic E-state index is 0.0698. The van der Waals surface area contributed by atoms with Gasteiger partial charge in [0, 0.05) is 12.6 Å². The van der Waals surface area contributed by atoms with E-state index in [0.29, 0.717) is 18.0 Å². The van der Waals surface area contributed by atoms with Crippen LogP contribution in [0, 0.1) is 0 Å². The maximum atomic E-state index is 12.9. The summed E-state index contributed by atoms with van der Waals surface area (Å²) in [7, 11) is 0. The fourth-order valence-electron chi connectivity index (χ4n) is 3.95. The molecule has 0 radical (unpaired) electrons. The second kappa shape index (κ2) is 5.45. The Balaban J connectivity index is 1.56. The summed E-state index contributed by atoms with van der Waals surface area (Å²) < 4.78 is 0. The molecule has 1 amide bonds. The van der Waals surface area contributed by atoms with E-state index in [-0.39, 0.29) is 6.04 Å². The summed E-state index contributed by atoms with van der Waals surface area (Å²) in [6.07, 6.45) is 8.13. The Morgan fingerprint density at radius 1 is 1.05 bits per heavy atom. The van der Waals surface area contributed by atoms with Crippen LogP contribution in [0.2, 0.25) is 0 Å². The minimum atomic E-state index is 0.0698. The maximum Gasteiger partial charge on any atom is 0.240 e. The van der Waals surface area contributed by atoms with E-state index in [1.807, 2.05) is 0 Å². The van der Waals surface area contributed by atoms with Crippen molar-refractivity contribution in [3.8, 4) is 0 Å². The Hall–Kier alpha value is -1.35. The second-order valence-electron chi connectivity index (χ2n) is 6.77. The predicted octanol–water partition coefficient (Wildman–Crippen LogP) is 2.81. The molecule has 0 aromatic heterocycles. The molecule has 2 fully saturated rings. The topological polar surface area (TPSA) is 32.3 Å². The summed E-state index contributed by atoms with van der Waals surface area (Å²) in [5.41, 5.74) is 2.84. The van der Waals surface area contributed by atoms with E-state index in [9.17, 15) is 4.79 Å². The molecule has 1 aromatic carbocycles. The van der Waals surface area contributed by atoms with Gasteiger partial charge in [0.15, 0.2) is 0 Å². The van der Waals surface area contributed by atoms with E-state index in [0.717, 1.165) is 25.8 Å². The van der Waals surface area contributed by atoms with Gasteiger partial charge in [0.05, 0.1) is 12.1 Å². The first-order chi connectivity index (χ1) is 10.3. The van der Waals surface area contributed by atoms with E-state index in [4.69, 9.17) is 0 Å². The first-order valence-corrected chi connectivity index (χ1v) is 8.47. The molecule has 2 aliphatic carbocycles. The Labute approximate surface area is 126 Å². The van der Waals surface area contributed by atoms with Gasteiger partial charge in [0.25, 0.3) is 0 Å². The van der Waals surface area contributed by atoms with E-state index in [1.165, 1.54) is 36.8 Å². The van der Waals surface area contributed by atoms with Gasteiger partial charge in [-0.1, -0.05) is 24.3 Å². The molecule has 0 spiro atoms. The van der Waals surface area contributed by atoms with E-state index >= 15 is 0 Å². The van der Waals surface area contributed by atoms with Crippen molar-refractivity contribution in [1.29, 1.82) is 0 Å². The van der Waals surface area contributed by atoms with Crippen molar-refractivity contribution >= 4 is 5.91 Å². The Morgan fingerprint density at radius 3 is 2.76 bits per heavy atom. The number of rotatable bonds is 3. The molecule has 1 aliphatic heterocycles.